The molecule has 0 aliphatic carbocycles. The molecule has 0 saturated carbocycles. The van der Waals surface area contributed by atoms with Gasteiger partial charge in [0, 0.05) is 0 Å². The molecule has 0 spiro atoms. The quantitative estimate of drug-likeness (QED) is 0.214. The van der Waals surface area contributed by atoms with Gasteiger partial charge < -0.3 is 14.8 Å². The SMILES string of the molecule is CCCCCCCCCCCCCCCOC(=O)[C@H](C)NC(=O)OCC(C)C. The molecule has 0 rings (SSSR count). The first-order chi connectivity index (χ1) is 13.5. The first-order valence-corrected chi connectivity index (χ1v) is 11.6. The predicted molar refractivity (Wildman–Crippen MR) is 115 cm³/mol. The third-order valence-electron chi connectivity index (χ3n) is 4.73. The maximum absolute atomic E-state index is 11.8. The van der Waals surface area contributed by atoms with E-state index in [-0.39, 0.29) is 5.92 Å². The Hall–Kier alpha value is -1.26. The Kier molecular flexibility index (Phi) is 18.2. The van der Waals surface area contributed by atoms with E-state index in [0.29, 0.717) is 13.2 Å². The van der Waals surface area contributed by atoms with Crippen LogP contribution in [0.5, 0.6) is 0 Å². The molecule has 0 unspecified atom stereocenters. The Labute approximate surface area is 173 Å². The monoisotopic (exact) mass is 399 g/mol. The van der Waals surface area contributed by atoms with Crippen molar-refractivity contribution in [3.8, 4) is 0 Å². The molecule has 1 amide bonds. The van der Waals surface area contributed by atoms with Gasteiger partial charge in [-0.05, 0) is 19.3 Å². The largest absolute Gasteiger partial charge is 0.464 e. The maximum atomic E-state index is 11.8. The number of hydrogen-bond donors (Lipinski definition) is 1. The van der Waals surface area contributed by atoms with E-state index in [4.69, 9.17) is 9.47 Å². The Morgan fingerprint density at radius 3 is 1.64 bits per heavy atom. The number of carbonyl (C=O) groups is 2. The van der Waals surface area contributed by atoms with Crippen molar-refractivity contribution in [3.05, 3.63) is 0 Å². The van der Waals surface area contributed by atoms with Crippen molar-refractivity contribution < 1.29 is 19.1 Å². The average Bonchev–Trinajstić information content (AvgIpc) is 2.66. The third-order valence-corrected chi connectivity index (χ3v) is 4.73. The minimum absolute atomic E-state index is 0.267. The lowest BCUT2D eigenvalue weighted by Gasteiger charge is -2.14. The highest BCUT2D eigenvalue weighted by molar-refractivity contribution is 5.80. The molecule has 0 aliphatic rings. The minimum atomic E-state index is -0.679. The van der Waals surface area contributed by atoms with Gasteiger partial charge in [-0.25, -0.2) is 9.59 Å². The van der Waals surface area contributed by atoms with E-state index in [1.807, 2.05) is 13.8 Å². The Morgan fingerprint density at radius 1 is 0.714 bits per heavy atom. The second-order valence-electron chi connectivity index (χ2n) is 8.27. The normalized spacial score (nSPS) is 12.0. The summed E-state index contributed by atoms with van der Waals surface area (Å²) in [5.41, 5.74) is 0. The van der Waals surface area contributed by atoms with Gasteiger partial charge in [0.05, 0.1) is 13.2 Å². The molecule has 0 aliphatic heterocycles. The van der Waals surface area contributed by atoms with E-state index in [9.17, 15) is 9.59 Å². The van der Waals surface area contributed by atoms with E-state index < -0.39 is 18.1 Å². The molecule has 1 N–H and O–H groups in total. The van der Waals surface area contributed by atoms with Gasteiger partial charge in [-0.1, -0.05) is 97.8 Å². The number of esters is 1. The summed E-state index contributed by atoms with van der Waals surface area (Å²) < 4.78 is 10.2. The molecule has 0 saturated heterocycles. The molecule has 166 valence electrons. The summed E-state index contributed by atoms with van der Waals surface area (Å²) in [5, 5.41) is 2.50. The number of hydrogen-bond acceptors (Lipinski definition) is 4. The Morgan fingerprint density at radius 2 is 1.18 bits per heavy atom. The zero-order chi connectivity index (χ0) is 21.0. The van der Waals surface area contributed by atoms with Crippen LogP contribution in [-0.2, 0) is 14.3 Å². The van der Waals surface area contributed by atoms with Crippen LogP contribution < -0.4 is 5.32 Å². The molecule has 28 heavy (non-hydrogen) atoms. The van der Waals surface area contributed by atoms with E-state index in [0.717, 1.165) is 12.8 Å². The van der Waals surface area contributed by atoms with E-state index >= 15 is 0 Å². The molecular formula is C23H45NO4. The van der Waals surface area contributed by atoms with Crippen LogP contribution in [0.25, 0.3) is 0 Å². The summed E-state index contributed by atoms with van der Waals surface area (Å²) in [7, 11) is 0. The van der Waals surface area contributed by atoms with Gasteiger partial charge in [0.2, 0.25) is 0 Å². The summed E-state index contributed by atoms with van der Waals surface area (Å²) in [6, 6.07) is -0.679. The van der Waals surface area contributed by atoms with Gasteiger partial charge in [-0.15, -0.1) is 0 Å². The highest BCUT2D eigenvalue weighted by Gasteiger charge is 2.17. The van der Waals surface area contributed by atoms with Crippen molar-refractivity contribution in [2.24, 2.45) is 5.92 Å². The first-order valence-electron chi connectivity index (χ1n) is 11.6. The van der Waals surface area contributed by atoms with Crippen LogP contribution in [0.2, 0.25) is 0 Å². The maximum Gasteiger partial charge on any atom is 0.407 e. The van der Waals surface area contributed by atoms with Crippen molar-refractivity contribution in [2.75, 3.05) is 13.2 Å². The first kappa shape index (κ1) is 26.7. The summed E-state index contributed by atoms with van der Waals surface area (Å²) in [5.74, 6) is -0.135. The van der Waals surface area contributed by atoms with Crippen molar-refractivity contribution >= 4 is 12.1 Å². The average molecular weight is 400 g/mol. The topological polar surface area (TPSA) is 64.6 Å². The number of amides is 1. The minimum Gasteiger partial charge on any atom is -0.464 e. The molecule has 0 aromatic heterocycles. The van der Waals surface area contributed by atoms with E-state index in [1.165, 1.54) is 70.6 Å². The standard InChI is InChI=1S/C23H45NO4/c1-5-6-7-8-9-10-11-12-13-14-15-16-17-18-27-22(25)21(4)24-23(26)28-19-20(2)3/h20-21H,5-19H2,1-4H3,(H,24,26)/t21-/m0/s1. The predicted octanol–water partition coefficient (Wildman–Crippen LogP) is 6.39. The molecule has 0 aromatic rings. The van der Waals surface area contributed by atoms with Crippen LogP contribution >= 0.6 is 0 Å². The number of unbranched alkanes of at least 4 members (excludes halogenated alkanes) is 12. The summed E-state index contributed by atoms with van der Waals surface area (Å²) >= 11 is 0. The Balaban J connectivity index is 3.41. The fourth-order valence-electron chi connectivity index (χ4n) is 2.94. The molecule has 0 heterocycles. The highest BCUT2D eigenvalue weighted by Crippen LogP contribution is 2.12. The number of rotatable bonds is 18. The highest BCUT2D eigenvalue weighted by atomic mass is 16.6. The Bertz CT molecular complexity index is 385. The lowest BCUT2D eigenvalue weighted by Crippen LogP contribution is -2.40. The summed E-state index contributed by atoms with van der Waals surface area (Å²) in [4.78, 5) is 23.4. The number of carbonyl (C=O) groups excluding carboxylic acids is 2. The zero-order valence-corrected chi connectivity index (χ0v) is 18.9. The lowest BCUT2D eigenvalue weighted by molar-refractivity contribution is -0.145. The van der Waals surface area contributed by atoms with Gasteiger partial charge in [0.1, 0.15) is 6.04 Å². The van der Waals surface area contributed by atoms with E-state index in [2.05, 4.69) is 12.2 Å². The van der Waals surface area contributed by atoms with Crippen LogP contribution in [0.4, 0.5) is 4.79 Å². The number of alkyl carbamates (subject to hydrolysis) is 1. The lowest BCUT2D eigenvalue weighted by atomic mass is 10.0. The number of ether oxygens (including phenoxy) is 2. The zero-order valence-electron chi connectivity index (χ0n) is 18.9. The summed E-state index contributed by atoms with van der Waals surface area (Å²) in [6.45, 7) is 8.55. The van der Waals surface area contributed by atoms with Gasteiger partial charge >= 0.3 is 12.1 Å². The van der Waals surface area contributed by atoms with Gasteiger partial charge in [-0.3, -0.25) is 0 Å². The molecule has 0 aromatic carbocycles. The van der Waals surface area contributed by atoms with Crippen LogP contribution in [0.1, 0.15) is 111 Å². The van der Waals surface area contributed by atoms with Crippen molar-refractivity contribution in [1.82, 2.24) is 5.32 Å². The molecule has 0 radical (unpaired) electrons. The van der Waals surface area contributed by atoms with Crippen molar-refractivity contribution in [2.45, 2.75) is 117 Å². The van der Waals surface area contributed by atoms with Crippen molar-refractivity contribution in [1.29, 1.82) is 0 Å². The van der Waals surface area contributed by atoms with Crippen LogP contribution in [0, 0.1) is 5.92 Å². The van der Waals surface area contributed by atoms with Gasteiger partial charge in [0.15, 0.2) is 0 Å². The van der Waals surface area contributed by atoms with Gasteiger partial charge in [0.25, 0.3) is 0 Å². The smallest absolute Gasteiger partial charge is 0.407 e. The molecule has 0 bridgehead atoms. The molecule has 5 heteroatoms. The fourth-order valence-corrected chi connectivity index (χ4v) is 2.94. The third kappa shape index (κ3) is 18.1. The van der Waals surface area contributed by atoms with Gasteiger partial charge in [-0.2, -0.15) is 0 Å². The van der Waals surface area contributed by atoms with Crippen molar-refractivity contribution in [3.63, 3.8) is 0 Å². The second-order valence-corrected chi connectivity index (χ2v) is 8.27. The van der Waals surface area contributed by atoms with Crippen LogP contribution in [-0.4, -0.2) is 31.3 Å². The van der Waals surface area contributed by atoms with Crippen LogP contribution in [0.15, 0.2) is 0 Å². The molecule has 1 atom stereocenters. The molecular weight excluding hydrogens is 354 g/mol. The molecule has 0 fully saturated rings. The number of nitrogens with one attached hydrogen (secondary N) is 1. The molecule has 5 nitrogen and oxygen atoms in total. The fraction of sp³-hybridized carbons (Fsp3) is 0.913. The van der Waals surface area contributed by atoms with Crippen LogP contribution in [0.3, 0.4) is 0 Å². The van der Waals surface area contributed by atoms with E-state index in [1.54, 1.807) is 6.92 Å². The second kappa shape index (κ2) is 19.1. The summed E-state index contributed by atoms with van der Waals surface area (Å²) in [6.07, 6.45) is 16.2.